The first-order chi connectivity index (χ1) is 8.09. The molecule has 1 heterocycles. The zero-order valence-corrected chi connectivity index (χ0v) is 9.97. The summed E-state index contributed by atoms with van der Waals surface area (Å²) in [7, 11) is 0. The van der Waals surface area contributed by atoms with Gasteiger partial charge < -0.3 is 4.42 Å². The Bertz CT molecular complexity index is 637. The van der Waals surface area contributed by atoms with Crippen molar-refractivity contribution in [2.45, 2.75) is 26.8 Å². The number of hydrogen-bond donors (Lipinski definition) is 0. The van der Waals surface area contributed by atoms with Crippen LogP contribution in [0, 0.1) is 5.92 Å². The van der Waals surface area contributed by atoms with Crippen LogP contribution in [0.5, 0.6) is 0 Å². The maximum absolute atomic E-state index is 11.7. The van der Waals surface area contributed by atoms with Crippen molar-refractivity contribution in [1.82, 2.24) is 4.57 Å². The van der Waals surface area contributed by atoms with Crippen LogP contribution in [0.25, 0.3) is 10.9 Å². The predicted molar refractivity (Wildman–Crippen MR) is 66.2 cm³/mol. The smallest absolute Gasteiger partial charge is 0.372 e. The minimum absolute atomic E-state index is 0.454. The SMILES string of the molecule is CC(C)CCn1c(=O)oc(=O)c2ccccc21. The summed E-state index contributed by atoms with van der Waals surface area (Å²) >= 11 is 0. The maximum atomic E-state index is 11.7. The highest BCUT2D eigenvalue weighted by Gasteiger charge is 2.08. The summed E-state index contributed by atoms with van der Waals surface area (Å²) in [5.41, 5.74) is 0.0841. The third kappa shape index (κ3) is 2.30. The van der Waals surface area contributed by atoms with E-state index in [1.807, 2.05) is 6.07 Å². The number of rotatable bonds is 3. The second-order valence-electron chi connectivity index (χ2n) is 4.51. The van der Waals surface area contributed by atoms with Gasteiger partial charge in [-0.3, -0.25) is 4.57 Å². The molecule has 0 saturated heterocycles. The van der Waals surface area contributed by atoms with Gasteiger partial charge in [0.1, 0.15) is 0 Å². The van der Waals surface area contributed by atoms with Crippen molar-refractivity contribution in [1.29, 1.82) is 0 Å². The minimum atomic E-state index is -0.575. The van der Waals surface area contributed by atoms with Gasteiger partial charge in [0, 0.05) is 6.54 Å². The van der Waals surface area contributed by atoms with Crippen molar-refractivity contribution in [2.24, 2.45) is 5.92 Å². The molecule has 0 bridgehead atoms. The van der Waals surface area contributed by atoms with Crippen LogP contribution in [0.3, 0.4) is 0 Å². The zero-order chi connectivity index (χ0) is 12.4. The molecule has 0 unspecified atom stereocenters. The third-order valence-electron chi connectivity index (χ3n) is 2.75. The minimum Gasteiger partial charge on any atom is -0.372 e. The lowest BCUT2D eigenvalue weighted by Gasteiger charge is -2.09. The van der Waals surface area contributed by atoms with E-state index in [1.54, 1.807) is 18.2 Å². The van der Waals surface area contributed by atoms with Crippen molar-refractivity contribution in [3.05, 3.63) is 45.2 Å². The lowest BCUT2D eigenvalue weighted by atomic mass is 10.1. The average molecular weight is 233 g/mol. The summed E-state index contributed by atoms with van der Waals surface area (Å²) in [5, 5.41) is 0.454. The number of hydrogen-bond acceptors (Lipinski definition) is 3. The molecule has 2 rings (SSSR count). The predicted octanol–water partition coefficient (Wildman–Crippen LogP) is 2.00. The van der Waals surface area contributed by atoms with Crippen LogP contribution in [0.1, 0.15) is 20.3 Å². The first-order valence-electron chi connectivity index (χ1n) is 5.72. The van der Waals surface area contributed by atoms with Gasteiger partial charge in [-0.1, -0.05) is 26.0 Å². The van der Waals surface area contributed by atoms with Gasteiger partial charge in [-0.05, 0) is 24.5 Å². The van der Waals surface area contributed by atoms with Gasteiger partial charge in [0.2, 0.25) is 0 Å². The molecule has 1 aromatic carbocycles. The molecule has 0 fully saturated rings. The highest BCUT2D eigenvalue weighted by molar-refractivity contribution is 5.77. The molecular weight excluding hydrogens is 218 g/mol. The molecule has 90 valence electrons. The van der Waals surface area contributed by atoms with Crippen molar-refractivity contribution in [2.75, 3.05) is 0 Å². The van der Waals surface area contributed by atoms with Gasteiger partial charge in [0.15, 0.2) is 0 Å². The molecule has 0 aliphatic heterocycles. The molecular formula is C13H15NO3. The fraction of sp³-hybridized carbons (Fsp3) is 0.385. The Morgan fingerprint density at radius 2 is 1.94 bits per heavy atom. The Morgan fingerprint density at radius 3 is 2.65 bits per heavy atom. The Balaban J connectivity index is 2.61. The molecule has 17 heavy (non-hydrogen) atoms. The van der Waals surface area contributed by atoms with Crippen LogP contribution < -0.4 is 11.4 Å². The third-order valence-corrected chi connectivity index (χ3v) is 2.75. The van der Waals surface area contributed by atoms with Crippen molar-refractivity contribution >= 4 is 10.9 Å². The molecule has 1 aromatic heterocycles. The van der Waals surface area contributed by atoms with Gasteiger partial charge in [-0.25, -0.2) is 9.59 Å². The molecule has 4 nitrogen and oxygen atoms in total. The summed E-state index contributed by atoms with van der Waals surface area (Å²) in [4.78, 5) is 23.2. The fourth-order valence-corrected chi connectivity index (χ4v) is 1.77. The lowest BCUT2D eigenvalue weighted by molar-refractivity contribution is 0.400. The number of fused-ring (bicyclic) bond motifs is 1. The van der Waals surface area contributed by atoms with Crippen LogP contribution in [0.15, 0.2) is 38.3 Å². The molecule has 0 atom stereocenters. The Labute approximate surface area is 98.5 Å². The molecule has 0 aliphatic carbocycles. The second-order valence-corrected chi connectivity index (χ2v) is 4.51. The first kappa shape index (κ1) is 11.6. The van der Waals surface area contributed by atoms with Gasteiger partial charge in [0.05, 0.1) is 10.9 Å². The highest BCUT2D eigenvalue weighted by atomic mass is 16.4. The summed E-state index contributed by atoms with van der Waals surface area (Å²) in [6.45, 7) is 4.75. The molecule has 0 saturated carbocycles. The monoisotopic (exact) mass is 233 g/mol. The normalized spacial score (nSPS) is 11.2. The van der Waals surface area contributed by atoms with E-state index in [4.69, 9.17) is 4.42 Å². The summed E-state index contributed by atoms with van der Waals surface area (Å²) in [5.74, 6) is -0.0815. The number of benzene rings is 1. The largest absolute Gasteiger partial charge is 0.422 e. The molecule has 0 N–H and O–H groups in total. The van der Waals surface area contributed by atoms with Gasteiger partial charge in [-0.15, -0.1) is 0 Å². The Hall–Kier alpha value is -1.84. The van der Waals surface area contributed by atoms with Crippen molar-refractivity contribution in [3.63, 3.8) is 0 Å². The van der Waals surface area contributed by atoms with E-state index in [0.29, 0.717) is 23.4 Å². The zero-order valence-electron chi connectivity index (χ0n) is 9.97. The van der Waals surface area contributed by atoms with Crippen LogP contribution in [0.4, 0.5) is 0 Å². The van der Waals surface area contributed by atoms with E-state index < -0.39 is 11.4 Å². The number of nitrogens with zero attached hydrogens (tertiary/aromatic N) is 1. The Morgan fingerprint density at radius 1 is 1.24 bits per heavy atom. The molecule has 0 aliphatic rings. The standard InChI is InChI=1S/C13H15NO3/c1-9(2)7-8-14-11-6-4-3-5-10(11)12(15)17-13(14)16/h3-6,9H,7-8H2,1-2H3. The van der Waals surface area contributed by atoms with Gasteiger partial charge >= 0.3 is 11.4 Å². The van der Waals surface area contributed by atoms with Crippen molar-refractivity contribution in [3.8, 4) is 0 Å². The maximum Gasteiger partial charge on any atom is 0.422 e. The van der Waals surface area contributed by atoms with Gasteiger partial charge in [0.25, 0.3) is 0 Å². The molecule has 0 spiro atoms. The number of aromatic nitrogens is 1. The Kier molecular flexibility index (Phi) is 3.13. The lowest BCUT2D eigenvalue weighted by Crippen LogP contribution is -2.25. The highest BCUT2D eigenvalue weighted by Crippen LogP contribution is 2.09. The van der Waals surface area contributed by atoms with E-state index in [2.05, 4.69) is 13.8 Å². The van der Waals surface area contributed by atoms with E-state index in [0.717, 1.165) is 6.42 Å². The van der Waals surface area contributed by atoms with Crippen LogP contribution in [-0.4, -0.2) is 4.57 Å². The van der Waals surface area contributed by atoms with Crippen molar-refractivity contribution < 1.29 is 4.42 Å². The summed E-state index contributed by atoms with van der Waals surface area (Å²) < 4.78 is 6.23. The average Bonchev–Trinajstić information content (AvgIpc) is 2.28. The van der Waals surface area contributed by atoms with E-state index in [9.17, 15) is 9.59 Å². The summed E-state index contributed by atoms with van der Waals surface area (Å²) in [6, 6.07) is 7.02. The van der Waals surface area contributed by atoms with Crippen LogP contribution >= 0.6 is 0 Å². The number of para-hydroxylation sites is 1. The molecule has 2 aromatic rings. The molecule has 0 amide bonds. The van der Waals surface area contributed by atoms with Crippen LogP contribution in [-0.2, 0) is 6.54 Å². The second kappa shape index (κ2) is 4.57. The fourth-order valence-electron chi connectivity index (χ4n) is 1.77. The van der Waals surface area contributed by atoms with E-state index in [1.165, 1.54) is 4.57 Å². The number of aryl methyl sites for hydroxylation is 1. The topological polar surface area (TPSA) is 52.2 Å². The summed E-state index contributed by atoms with van der Waals surface area (Å²) in [6.07, 6.45) is 0.873. The first-order valence-corrected chi connectivity index (χ1v) is 5.72. The van der Waals surface area contributed by atoms with E-state index >= 15 is 0 Å². The van der Waals surface area contributed by atoms with Gasteiger partial charge in [-0.2, -0.15) is 0 Å². The van der Waals surface area contributed by atoms with E-state index in [-0.39, 0.29) is 0 Å². The van der Waals surface area contributed by atoms with Crippen LogP contribution in [0.2, 0.25) is 0 Å². The molecule has 4 heteroatoms. The quantitative estimate of drug-likeness (QED) is 0.814. The molecule has 0 radical (unpaired) electrons.